The highest BCUT2D eigenvalue weighted by molar-refractivity contribution is 5.90. The number of urea groups is 1. The molecule has 0 saturated heterocycles. The zero-order valence-electron chi connectivity index (χ0n) is 11.5. The van der Waals surface area contributed by atoms with Crippen LogP contribution >= 0.6 is 0 Å². The van der Waals surface area contributed by atoms with E-state index in [1.807, 2.05) is 31.2 Å². The number of aliphatic hydroxyl groups excluding tert-OH is 1. The Balaban J connectivity index is 1.85. The Bertz CT molecular complexity index is 592. The molecule has 0 aliphatic rings. The van der Waals surface area contributed by atoms with Crippen LogP contribution in [0.2, 0.25) is 0 Å². The van der Waals surface area contributed by atoms with Gasteiger partial charge in [0, 0.05) is 5.69 Å². The maximum Gasteiger partial charge on any atom is 0.319 e. The summed E-state index contributed by atoms with van der Waals surface area (Å²) in [7, 11) is 0. The van der Waals surface area contributed by atoms with Crippen molar-refractivity contribution in [3.63, 3.8) is 0 Å². The third-order valence-corrected chi connectivity index (χ3v) is 2.94. The number of hydrogen-bond acceptors (Lipinski definition) is 3. The van der Waals surface area contributed by atoms with Gasteiger partial charge in [-0.2, -0.15) is 0 Å². The fourth-order valence-corrected chi connectivity index (χ4v) is 1.80. The van der Waals surface area contributed by atoms with Crippen molar-refractivity contribution in [2.45, 2.75) is 20.0 Å². The number of aryl methyl sites for hydroxylation is 2. The van der Waals surface area contributed by atoms with Gasteiger partial charge in [-0.1, -0.05) is 18.2 Å². The maximum atomic E-state index is 11.7. The first-order valence-electron chi connectivity index (χ1n) is 6.41. The first-order chi connectivity index (χ1) is 9.56. The highest BCUT2D eigenvalue weighted by Gasteiger charge is 2.13. The molecule has 20 heavy (non-hydrogen) atoms. The van der Waals surface area contributed by atoms with Crippen LogP contribution in [0.15, 0.2) is 40.8 Å². The lowest BCUT2D eigenvalue weighted by Gasteiger charge is -2.12. The number of aliphatic hydroxyl groups is 1. The highest BCUT2D eigenvalue weighted by Crippen LogP contribution is 2.15. The molecule has 0 aliphatic heterocycles. The van der Waals surface area contributed by atoms with Crippen molar-refractivity contribution in [3.05, 3.63) is 53.5 Å². The third kappa shape index (κ3) is 3.61. The third-order valence-electron chi connectivity index (χ3n) is 2.94. The molecule has 0 radical (unpaired) electrons. The molecule has 1 heterocycles. The number of carbonyl (C=O) groups excluding carboxylic acids is 1. The molecular formula is C15H18N2O3. The van der Waals surface area contributed by atoms with Crippen LogP contribution in [0.5, 0.6) is 0 Å². The van der Waals surface area contributed by atoms with E-state index >= 15 is 0 Å². The molecule has 1 aromatic carbocycles. The highest BCUT2D eigenvalue weighted by atomic mass is 16.4. The molecule has 2 rings (SSSR count). The van der Waals surface area contributed by atoms with Gasteiger partial charge >= 0.3 is 6.03 Å². The van der Waals surface area contributed by atoms with Crippen molar-refractivity contribution in [3.8, 4) is 0 Å². The Morgan fingerprint density at radius 2 is 2.00 bits per heavy atom. The standard InChI is InChI=1S/C15H18N2O3/c1-10-5-3-4-6-12(10)17-15(19)16-9-13(18)14-8-7-11(2)20-14/h3-8,13,18H,9H2,1-2H3,(H2,16,17,19)/t13-/m0/s1. The maximum absolute atomic E-state index is 11.7. The predicted octanol–water partition coefficient (Wildman–Crippen LogP) is 2.75. The Kier molecular flexibility index (Phi) is 4.42. The van der Waals surface area contributed by atoms with E-state index in [1.54, 1.807) is 19.1 Å². The summed E-state index contributed by atoms with van der Waals surface area (Å²) in [6.45, 7) is 3.80. The second-order valence-electron chi connectivity index (χ2n) is 4.61. The first kappa shape index (κ1) is 14.1. The number of rotatable bonds is 4. The van der Waals surface area contributed by atoms with Crippen LogP contribution in [0.4, 0.5) is 10.5 Å². The van der Waals surface area contributed by atoms with E-state index in [9.17, 15) is 9.90 Å². The summed E-state index contributed by atoms with van der Waals surface area (Å²) >= 11 is 0. The van der Waals surface area contributed by atoms with Crippen molar-refractivity contribution in [1.29, 1.82) is 0 Å². The molecule has 106 valence electrons. The van der Waals surface area contributed by atoms with Gasteiger partial charge in [0.1, 0.15) is 17.6 Å². The average molecular weight is 274 g/mol. The quantitative estimate of drug-likeness (QED) is 0.802. The molecule has 0 bridgehead atoms. The molecule has 2 aromatic rings. The normalized spacial score (nSPS) is 11.9. The fraction of sp³-hybridized carbons (Fsp3) is 0.267. The molecule has 3 N–H and O–H groups in total. The molecular weight excluding hydrogens is 256 g/mol. The Hall–Kier alpha value is -2.27. The summed E-state index contributed by atoms with van der Waals surface area (Å²) in [5.74, 6) is 1.17. The number of benzene rings is 1. The van der Waals surface area contributed by atoms with E-state index in [0.29, 0.717) is 5.76 Å². The van der Waals surface area contributed by atoms with Gasteiger partial charge in [0.2, 0.25) is 0 Å². The monoisotopic (exact) mass is 274 g/mol. The van der Waals surface area contributed by atoms with Crippen LogP contribution in [-0.2, 0) is 0 Å². The fourth-order valence-electron chi connectivity index (χ4n) is 1.80. The Morgan fingerprint density at radius 1 is 1.25 bits per heavy atom. The van der Waals surface area contributed by atoms with Gasteiger partial charge in [-0.05, 0) is 37.6 Å². The average Bonchev–Trinajstić information content (AvgIpc) is 2.85. The van der Waals surface area contributed by atoms with Gasteiger partial charge in [-0.3, -0.25) is 0 Å². The van der Waals surface area contributed by atoms with E-state index in [-0.39, 0.29) is 12.6 Å². The second-order valence-corrected chi connectivity index (χ2v) is 4.61. The number of hydrogen-bond donors (Lipinski definition) is 3. The number of carbonyl (C=O) groups is 1. The molecule has 0 fully saturated rings. The molecule has 0 spiro atoms. The van der Waals surface area contributed by atoms with E-state index in [2.05, 4.69) is 10.6 Å². The summed E-state index contributed by atoms with van der Waals surface area (Å²) in [6, 6.07) is 10.6. The number of anilines is 1. The van der Waals surface area contributed by atoms with E-state index in [1.165, 1.54) is 0 Å². The van der Waals surface area contributed by atoms with Gasteiger partial charge in [0.05, 0.1) is 6.54 Å². The van der Waals surface area contributed by atoms with Crippen molar-refractivity contribution in [1.82, 2.24) is 5.32 Å². The van der Waals surface area contributed by atoms with Crippen LogP contribution in [-0.4, -0.2) is 17.7 Å². The predicted molar refractivity (Wildman–Crippen MR) is 76.6 cm³/mol. The molecule has 0 saturated carbocycles. The van der Waals surface area contributed by atoms with Crippen molar-refractivity contribution in [2.24, 2.45) is 0 Å². The number of nitrogens with one attached hydrogen (secondary N) is 2. The van der Waals surface area contributed by atoms with Crippen LogP contribution < -0.4 is 10.6 Å². The molecule has 0 unspecified atom stereocenters. The first-order valence-corrected chi connectivity index (χ1v) is 6.41. The lowest BCUT2D eigenvalue weighted by molar-refractivity contribution is 0.148. The number of furan rings is 1. The largest absolute Gasteiger partial charge is 0.464 e. The van der Waals surface area contributed by atoms with Crippen molar-refractivity contribution >= 4 is 11.7 Å². The molecule has 5 nitrogen and oxygen atoms in total. The van der Waals surface area contributed by atoms with E-state index in [4.69, 9.17) is 4.42 Å². The lowest BCUT2D eigenvalue weighted by Crippen LogP contribution is -2.32. The molecule has 1 aromatic heterocycles. The second kappa shape index (κ2) is 6.25. The Labute approximate surface area is 117 Å². The van der Waals surface area contributed by atoms with Gasteiger partial charge in [-0.15, -0.1) is 0 Å². The minimum absolute atomic E-state index is 0.0880. The molecule has 5 heteroatoms. The topological polar surface area (TPSA) is 74.5 Å². The Morgan fingerprint density at radius 3 is 2.65 bits per heavy atom. The van der Waals surface area contributed by atoms with E-state index in [0.717, 1.165) is 17.0 Å². The number of amides is 2. The van der Waals surface area contributed by atoms with Gasteiger partial charge in [-0.25, -0.2) is 4.79 Å². The van der Waals surface area contributed by atoms with E-state index < -0.39 is 6.10 Å². The van der Waals surface area contributed by atoms with Crippen LogP contribution in [0, 0.1) is 13.8 Å². The summed E-state index contributed by atoms with van der Waals surface area (Å²) in [5.41, 5.74) is 1.72. The summed E-state index contributed by atoms with van der Waals surface area (Å²) in [4.78, 5) is 11.7. The van der Waals surface area contributed by atoms with Crippen LogP contribution in [0.1, 0.15) is 23.2 Å². The smallest absolute Gasteiger partial charge is 0.319 e. The van der Waals surface area contributed by atoms with Gasteiger partial charge in [0.25, 0.3) is 0 Å². The minimum atomic E-state index is -0.855. The van der Waals surface area contributed by atoms with Gasteiger partial charge < -0.3 is 20.2 Å². The zero-order valence-corrected chi connectivity index (χ0v) is 11.5. The molecule has 0 aliphatic carbocycles. The van der Waals surface area contributed by atoms with Crippen molar-refractivity contribution < 1.29 is 14.3 Å². The van der Waals surface area contributed by atoms with Gasteiger partial charge in [0.15, 0.2) is 0 Å². The molecule has 1 atom stereocenters. The summed E-state index contributed by atoms with van der Waals surface area (Å²) < 4.78 is 5.29. The zero-order chi connectivity index (χ0) is 14.5. The molecule has 2 amide bonds. The summed E-state index contributed by atoms with van der Waals surface area (Å²) in [5, 5.41) is 15.2. The summed E-state index contributed by atoms with van der Waals surface area (Å²) in [6.07, 6.45) is -0.855. The minimum Gasteiger partial charge on any atom is -0.464 e. The lowest BCUT2D eigenvalue weighted by atomic mass is 10.2. The van der Waals surface area contributed by atoms with Crippen LogP contribution in [0.3, 0.4) is 0 Å². The SMILES string of the molecule is Cc1ccc([C@@H](O)CNC(=O)Nc2ccccc2C)o1. The van der Waals surface area contributed by atoms with Crippen LogP contribution in [0.25, 0.3) is 0 Å². The van der Waals surface area contributed by atoms with Crippen molar-refractivity contribution in [2.75, 3.05) is 11.9 Å². The number of para-hydroxylation sites is 1.